The standard InChI is InChI=1S/C12H22O/c1-8(2)10-5-6-12(13)11(7-10)9(3)4/h7-9,11-13H,5-6H2,1-4H3. The van der Waals surface area contributed by atoms with Gasteiger partial charge in [-0.15, -0.1) is 0 Å². The van der Waals surface area contributed by atoms with Crippen molar-refractivity contribution in [2.75, 3.05) is 0 Å². The Morgan fingerprint density at radius 3 is 2.38 bits per heavy atom. The lowest BCUT2D eigenvalue weighted by molar-refractivity contribution is 0.0906. The summed E-state index contributed by atoms with van der Waals surface area (Å²) in [5.74, 6) is 1.59. The van der Waals surface area contributed by atoms with E-state index in [1.165, 1.54) is 5.57 Å². The van der Waals surface area contributed by atoms with Gasteiger partial charge in [0.2, 0.25) is 0 Å². The summed E-state index contributed by atoms with van der Waals surface area (Å²) in [6.07, 6.45) is 4.24. The lowest BCUT2D eigenvalue weighted by atomic mass is 9.78. The Morgan fingerprint density at radius 1 is 1.31 bits per heavy atom. The second kappa shape index (κ2) is 4.28. The van der Waals surface area contributed by atoms with Gasteiger partial charge in [-0.25, -0.2) is 0 Å². The number of allylic oxidation sites excluding steroid dienone is 1. The van der Waals surface area contributed by atoms with Gasteiger partial charge in [0.05, 0.1) is 6.10 Å². The lowest BCUT2D eigenvalue weighted by Gasteiger charge is -2.30. The zero-order valence-corrected chi connectivity index (χ0v) is 9.25. The van der Waals surface area contributed by atoms with Gasteiger partial charge in [0, 0.05) is 5.92 Å². The second-order valence-electron chi connectivity index (χ2n) is 4.82. The SMILES string of the molecule is CC(C)C1=CC(C(C)C)C(O)CC1. The van der Waals surface area contributed by atoms with Crippen LogP contribution in [-0.2, 0) is 0 Å². The molecule has 0 saturated carbocycles. The highest BCUT2D eigenvalue weighted by Crippen LogP contribution is 2.31. The summed E-state index contributed by atoms with van der Waals surface area (Å²) in [4.78, 5) is 0. The molecule has 0 saturated heterocycles. The van der Waals surface area contributed by atoms with E-state index in [1.807, 2.05) is 0 Å². The zero-order valence-electron chi connectivity index (χ0n) is 9.25. The number of aliphatic hydroxyl groups excluding tert-OH is 1. The average molecular weight is 182 g/mol. The first-order valence-electron chi connectivity index (χ1n) is 5.41. The second-order valence-corrected chi connectivity index (χ2v) is 4.82. The molecule has 0 radical (unpaired) electrons. The summed E-state index contributed by atoms with van der Waals surface area (Å²) in [5.41, 5.74) is 1.53. The molecule has 0 bridgehead atoms. The van der Waals surface area contributed by atoms with Gasteiger partial charge in [-0.05, 0) is 24.7 Å². The van der Waals surface area contributed by atoms with Crippen molar-refractivity contribution in [1.82, 2.24) is 0 Å². The molecule has 1 nitrogen and oxygen atoms in total. The highest BCUT2D eigenvalue weighted by molar-refractivity contribution is 5.12. The van der Waals surface area contributed by atoms with Crippen molar-refractivity contribution in [3.63, 3.8) is 0 Å². The minimum absolute atomic E-state index is 0.109. The van der Waals surface area contributed by atoms with E-state index in [0.29, 0.717) is 17.8 Å². The van der Waals surface area contributed by atoms with Gasteiger partial charge >= 0.3 is 0 Å². The van der Waals surface area contributed by atoms with Gasteiger partial charge in [-0.1, -0.05) is 39.3 Å². The van der Waals surface area contributed by atoms with Crippen molar-refractivity contribution >= 4 is 0 Å². The molecule has 1 aliphatic rings. The van der Waals surface area contributed by atoms with E-state index < -0.39 is 0 Å². The van der Waals surface area contributed by atoms with Crippen LogP contribution in [0.5, 0.6) is 0 Å². The van der Waals surface area contributed by atoms with E-state index in [4.69, 9.17) is 0 Å². The summed E-state index contributed by atoms with van der Waals surface area (Å²) in [5, 5.41) is 9.79. The van der Waals surface area contributed by atoms with Gasteiger partial charge in [0.1, 0.15) is 0 Å². The first kappa shape index (κ1) is 10.8. The maximum atomic E-state index is 9.79. The highest BCUT2D eigenvalue weighted by atomic mass is 16.3. The summed E-state index contributed by atoms with van der Waals surface area (Å²) in [6, 6.07) is 0. The molecule has 0 amide bonds. The van der Waals surface area contributed by atoms with Crippen LogP contribution in [0.25, 0.3) is 0 Å². The van der Waals surface area contributed by atoms with Crippen molar-refractivity contribution in [1.29, 1.82) is 0 Å². The fourth-order valence-corrected chi connectivity index (χ4v) is 2.07. The molecule has 0 aromatic heterocycles. The molecule has 13 heavy (non-hydrogen) atoms. The minimum Gasteiger partial charge on any atom is -0.392 e. The summed E-state index contributed by atoms with van der Waals surface area (Å²) >= 11 is 0. The van der Waals surface area contributed by atoms with Gasteiger partial charge < -0.3 is 5.11 Å². The normalized spacial score (nSPS) is 29.6. The number of hydrogen-bond donors (Lipinski definition) is 1. The molecule has 0 fully saturated rings. The maximum absolute atomic E-state index is 9.79. The molecule has 1 rings (SSSR count). The van der Waals surface area contributed by atoms with Crippen molar-refractivity contribution < 1.29 is 5.11 Å². The predicted octanol–water partition coefficient (Wildman–Crippen LogP) is 3.00. The molecule has 0 aromatic carbocycles. The summed E-state index contributed by atoms with van der Waals surface area (Å²) in [7, 11) is 0. The van der Waals surface area contributed by atoms with E-state index in [0.717, 1.165) is 12.8 Å². The van der Waals surface area contributed by atoms with Crippen LogP contribution in [0.3, 0.4) is 0 Å². The van der Waals surface area contributed by atoms with E-state index in [-0.39, 0.29) is 6.10 Å². The van der Waals surface area contributed by atoms with Gasteiger partial charge in [0.15, 0.2) is 0 Å². The van der Waals surface area contributed by atoms with Crippen LogP contribution >= 0.6 is 0 Å². The zero-order chi connectivity index (χ0) is 10.0. The third-order valence-electron chi connectivity index (χ3n) is 3.09. The molecular formula is C12H22O. The molecule has 1 N–H and O–H groups in total. The molecular weight excluding hydrogens is 160 g/mol. The van der Waals surface area contributed by atoms with Crippen molar-refractivity contribution in [2.45, 2.75) is 46.6 Å². The highest BCUT2D eigenvalue weighted by Gasteiger charge is 2.25. The molecule has 1 heteroatoms. The van der Waals surface area contributed by atoms with Crippen LogP contribution in [0, 0.1) is 17.8 Å². The Kier molecular flexibility index (Phi) is 3.55. The minimum atomic E-state index is -0.109. The summed E-state index contributed by atoms with van der Waals surface area (Å²) in [6.45, 7) is 8.85. The number of hydrogen-bond acceptors (Lipinski definition) is 1. The monoisotopic (exact) mass is 182 g/mol. The number of rotatable bonds is 2. The molecule has 0 aromatic rings. The molecule has 2 unspecified atom stereocenters. The van der Waals surface area contributed by atoms with Crippen molar-refractivity contribution in [3.05, 3.63) is 11.6 Å². The Bertz CT molecular complexity index is 191. The largest absolute Gasteiger partial charge is 0.392 e. The first-order chi connectivity index (χ1) is 6.02. The topological polar surface area (TPSA) is 20.2 Å². The fraction of sp³-hybridized carbons (Fsp3) is 0.833. The molecule has 76 valence electrons. The van der Waals surface area contributed by atoms with E-state index in [1.54, 1.807) is 0 Å². The van der Waals surface area contributed by atoms with Gasteiger partial charge in [0.25, 0.3) is 0 Å². The Balaban J connectivity index is 2.75. The average Bonchev–Trinajstić information content (AvgIpc) is 2.04. The van der Waals surface area contributed by atoms with Crippen LogP contribution < -0.4 is 0 Å². The quantitative estimate of drug-likeness (QED) is 0.651. The van der Waals surface area contributed by atoms with Crippen LogP contribution in [0.2, 0.25) is 0 Å². The van der Waals surface area contributed by atoms with E-state index in [2.05, 4.69) is 33.8 Å². The van der Waals surface area contributed by atoms with Crippen LogP contribution in [0.4, 0.5) is 0 Å². The third kappa shape index (κ3) is 2.57. The fourth-order valence-electron chi connectivity index (χ4n) is 2.07. The Labute approximate surface area is 81.9 Å². The molecule has 1 aliphatic carbocycles. The van der Waals surface area contributed by atoms with E-state index in [9.17, 15) is 5.11 Å². The molecule has 0 spiro atoms. The Hall–Kier alpha value is -0.300. The van der Waals surface area contributed by atoms with Crippen molar-refractivity contribution in [2.24, 2.45) is 17.8 Å². The van der Waals surface area contributed by atoms with Crippen LogP contribution in [0.15, 0.2) is 11.6 Å². The smallest absolute Gasteiger partial charge is 0.0608 e. The van der Waals surface area contributed by atoms with Gasteiger partial charge in [-0.3, -0.25) is 0 Å². The predicted molar refractivity (Wildman–Crippen MR) is 56.5 cm³/mol. The van der Waals surface area contributed by atoms with Crippen LogP contribution in [-0.4, -0.2) is 11.2 Å². The van der Waals surface area contributed by atoms with Crippen LogP contribution in [0.1, 0.15) is 40.5 Å². The molecule has 2 atom stereocenters. The lowest BCUT2D eigenvalue weighted by Crippen LogP contribution is -2.27. The summed E-state index contributed by atoms with van der Waals surface area (Å²) < 4.78 is 0. The van der Waals surface area contributed by atoms with E-state index >= 15 is 0 Å². The van der Waals surface area contributed by atoms with Gasteiger partial charge in [-0.2, -0.15) is 0 Å². The number of aliphatic hydroxyl groups is 1. The van der Waals surface area contributed by atoms with Crippen molar-refractivity contribution in [3.8, 4) is 0 Å². The maximum Gasteiger partial charge on any atom is 0.0608 e. The molecule has 0 heterocycles. The third-order valence-corrected chi connectivity index (χ3v) is 3.09. The Morgan fingerprint density at radius 2 is 1.92 bits per heavy atom. The first-order valence-corrected chi connectivity index (χ1v) is 5.41. The molecule has 0 aliphatic heterocycles.